The van der Waals surface area contributed by atoms with Crippen LogP contribution in [-0.2, 0) is 17.6 Å². The molecule has 1 aliphatic rings. The minimum absolute atomic E-state index is 0.0800. The Bertz CT molecular complexity index is 459. The van der Waals surface area contributed by atoms with Crippen molar-refractivity contribution in [3.8, 4) is 5.75 Å². The number of nitrogens with one attached hydrogen (secondary N) is 1. The highest BCUT2D eigenvalue weighted by molar-refractivity contribution is 6.30. The van der Waals surface area contributed by atoms with Gasteiger partial charge in [-0.05, 0) is 55.9 Å². The Morgan fingerprint density at radius 1 is 1.47 bits per heavy atom. The van der Waals surface area contributed by atoms with Gasteiger partial charge in [-0.1, -0.05) is 6.07 Å². The van der Waals surface area contributed by atoms with Crippen molar-refractivity contribution < 1.29 is 9.53 Å². The Morgan fingerprint density at radius 2 is 2.26 bits per heavy atom. The number of alkyl halides is 1. The fourth-order valence-corrected chi connectivity index (χ4v) is 2.57. The van der Waals surface area contributed by atoms with E-state index in [0.717, 1.165) is 31.4 Å². The van der Waals surface area contributed by atoms with Gasteiger partial charge in [-0.15, -0.1) is 11.6 Å². The summed E-state index contributed by atoms with van der Waals surface area (Å²) in [6.07, 6.45) is 3.97. The van der Waals surface area contributed by atoms with Crippen LogP contribution in [0.25, 0.3) is 0 Å². The van der Waals surface area contributed by atoms with E-state index in [9.17, 15) is 4.79 Å². The first kappa shape index (κ1) is 14.2. The van der Waals surface area contributed by atoms with Crippen LogP contribution >= 0.6 is 11.6 Å². The van der Waals surface area contributed by atoms with Crippen LogP contribution in [0.1, 0.15) is 30.9 Å². The summed E-state index contributed by atoms with van der Waals surface area (Å²) in [5.41, 5.74) is 2.63. The van der Waals surface area contributed by atoms with E-state index in [1.54, 1.807) is 14.0 Å². The van der Waals surface area contributed by atoms with Crippen molar-refractivity contribution in [2.24, 2.45) is 0 Å². The van der Waals surface area contributed by atoms with E-state index in [2.05, 4.69) is 17.4 Å². The summed E-state index contributed by atoms with van der Waals surface area (Å²) in [5, 5.41) is 2.55. The van der Waals surface area contributed by atoms with Crippen molar-refractivity contribution in [3.05, 3.63) is 29.3 Å². The topological polar surface area (TPSA) is 38.3 Å². The van der Waals surface area contributed by atoms with Crippen LogP contribution in [0.2, 0.25) is 0 Å². The van der Waals surface area contributed by atoms with Crippen molar-refractivity contribution in [2.75, 3.05) is 7.11 Å². The zero-order valence-corrected chi connectivity index (χ0v) is 12.2. The molecule has 1 aromatic carbocycles. The molecule has 19 heavy (non-hydrogen) atoms. The van der Waals surface area contributed by atoms with Gasteiger partial charge in [-0.3, -0.25) is 4.79 Å². The van der Waals surface area contributed by atoms with Crippen LogP contribution in [-0.4, -0.2) is 24.4 Å². The number of halogens is 1. The molecular formula is C15H20ClNO2. The van der Waals surface area contributed by atoms with Gasteiger partial charge in [0.2, 0.25) is 5.91 Å². The van der Waals surface area contributed by atoms with Gasteiger partial charge in [-0.2, -0.15) is 0 Å². The number of hydrogen-bond donors (Lipinski definition) is 1. The molecule has 4 heteroatoms. The smallest absolute Gasteiger partial charge is 0.237 e. The summed E-state index contributed by atoms with van der Waals surface area (Å²) in [4.78, 5) is 11.7. The largest absolute Gasteiger partial charge is 0.497 e. The van der Waals surface area contributed by atoms with E-state index in [-0.39, 0.29) is 11.9 Å². The van der Waals surface area contributed by atoms with Gasteiger partial charge >= 0.3 is 0 Å². The predicted molar refractivity (Wildman–Crippen MR) is 76.9 cm³/mol. The summed E-state index contributed by atoms with van der Waals surface area (Å²) in [6, 6.07) is 6.36. The molecule has 1 N–H and O–H groups in total. The van der Waals surface area contributed by atoms with E-state index in [1.165, 1.54) is 11.1 Å². The molecule has 104 valence electrons. The second kappa shape index (κ2) is 6.29. The maximum atomic E-state index is 11.7. The highest BCUT2D eigenvalue weighted by Crippen LogP contribution is 2.25. The average Bonchev–Trinajstić information content (AvgIpc) is 2.59. The number of fused-ring (bicyclic) bond motifs is 1. The molecule has 3 nitrogen and oxygen atoms in total. The molecule has 1 aromatic rings. The lowest BCUT2D eigenvalue weighted by atomic mass is 10.0. The highest BCUT2D eigenvalue weighted by atomic mass is 35.5. The second-order valence-corrected chi connectivity index (χ2v) is 5.71. The Balaban J connectivity index is 2.10. The minimum Gasteiger partial charge on any atom is -0.497 e. The lowest BCUT2D eigenvalue weighted by Gasteiger charge is -2.18. The highest BCUT2D eigenvalue weighted by Gasteiger charge is 2.20. The van der Waals surface area contributed by atoms with E-state index in [1.807, 2.05) is 6.07 Å². The van der Waals surface area contributed by atoms with Gasteiger partial charge < -0.3 is 10.1 Å². The van der Waals surface area contributed by atoms with Gasteiger partial charge in [0.15, 0.2) is 0 Å². The third-order valence-electron chi connectivity index (χ3n) is 3.59. The number of rotatable bonds is 3. The van der Waals surface area contributed by atoms with Gasteiger partial charge in [0.05, 0.1) is 7.11 Å². The van der Waals surface area contributed by atoms with Crippen LogP contribution in [0.3, 0.4) is 0 Å². The number of methoxy groups -OCH3 is 1. The van der Waals surface area contributed by atoms with Gasteiger partial charge in [0, 0.05) is 6.04 Å². The van der Waals surface area contributed by atoms with Crippen LogP contribution in [0.15, 0.2) is 18.2 Å². The van der Waals surface area contributed by atoms with E-state index >= 15 is 0 Å². The molecule has 0 fully saturated rings. The molecule has 0 radical (unpaired) electrons. The second-order valence-electron chi connectivity index (χ2n) is 5.05. The molecule has 2 rings (SSSR count). The molecule has 0 aromatic heterocycles. The van der Waals surface area contributed by atoms with Crippen molar-refractivity contribution >= 4 is 17.5 Å². The number of benzene rings is 1. The SMILES string of the molecule is COc1ccc2c(c1)CCCC(NC(=O)C(C)Cl)C2. The predicted octanol–water partition coefficient (Wildman–Crippen LogP) is 2.69. The minimum atomic E-state index is -0.474. The van der Waals surface area contributed by atoms with Crippen molar-refractivity contribution in [1.82, 2.24) is 5.32 Å². The van der Waals surface area contributed by atoms with Gasteiger partial charge in [0.1, 0.15) is 11.1 Å². The summed E-state index contributed by atoms with van der Waals surface area (Å²) in [5.74, 6) is 0.819. The monoisotopic (exact) mass is 281 g/mol. The number of aryl methyl sites for hydroxylation is 1. The lowest BCUT2D eigenvalue weighted by molar-refractivity contribution is -0.121. The first-order chi connectivity index (χ1) is 9.10. The van der Waals surface area contributed by atoms with Gasteiger partial charge in [-0.25, -0.2) is 0 Å². The number of carbonyl (C=O) groups excluding carboxylic acids is 1. The molecule has 0 heterocycles. The van der Waals surface area contributed by atoms with E-state index in [0.29, 0.717) is 0 Å². The molecule has 2 atom stereocenters. The lowest BCUT2D eigenvalue weighted by Crippen LogP contribution is -2.39. The number of amides is 1. The fourth-order valence-electron chi connectivity index (χ4n) is 2.51. The first-order valence-electron chi connectivity index (χ1n) is 6.70. The molecule has 0 saturated heterocycles. The van der Waals surface area contributed by atoms with E-state index in [4.69, 9.17) is 16.3 Å². The zero-order chi connectivity index (χ0) is 13.8. The summed E-state index contributed by atoms with van der Waals surface area (Å²) in [6.45, 7) is 1.70. The maximum Gasteiger partial charge on any atom is 0.237 e. The van der Waals surface area contributed by atoms with Crippen molar-refractivity contribution in [3.63, 3.8) is 0 Å². The van der Waals surface area contributed by atoms with Gasteiger partial charge in [0.25, 0.3) is 0 Å². The summed E-state index contributed by atoms with van der Waals surface area (Å²) >= 11 is 5.80. The quantitative estimate of drug-likeness (QED) is 0.683. The molecule has 1 aliphatic carbocycles. The third kappa shape index (κ3) is 3.63. The summed E-state index contributed by atoms with van der Waals surface area (Å²) in [7, 11) is 1.68. The molecule has 0 saturated carbocycles. The molecule has 2 unspecified atom stereocenters. The van der Waals surface area contributed by atoms with Crippen LogP contribution < -0.4 is 10.1 Å². The van der Waals surface area contributed by atoms with Crippen molar-refractivity contribution in [2.45, 2.75) is 44.0 Å². The van der Waals surface area contributed by atoms with E-state index < -0.39 is 5.38 Å². The van der Waals surface area contributed by atoms with Crippen LogP contribution in [0.5, 0.6) is 5.75 Å². The standard InChI is InChI=1S/C15H20ClNO2/c1-10(16)15(18)17-13-5-3-4-11-9-14(19-2)7-6-12(11)8-13/h6-7,9-10,13H,3-5,8H2,1-2H3,(H,17,18). The molecule has 1 amide bonds. The zero-order valence-electron chi connectivity index (χ0n) is 11.4. The Kier molecular flexibility index (Phi) is 4.70. The average molecular weight is 282 g/mol. The normalized spacial score (nSPS) is 20.1. The Labute approximate surface area is 119 Å². The number of carbonyl (C=O) groups is 1. The first-order valence-corrected chi connectivity index (χ1v) is 7.14. The van der Waals surface area contributed by atoms with Crippen molar-refractivity contribution in [1.29, 1.82) is 0 Å². The Hall–Kier alpha value is -1.22. The fraction of sp³-hybridized carbons (Fsp3) is 0.533. The van der Waals surface area contributed by atoms with Crippen LogP contribution in [0, 0.1) is 0 Å². The number of hydrogen-bond acceptors (Lipinski definition) is 2. The number of ether oxygens (including phenoxy) is 1. The summed E-state index contributed by atoms with van der Waals surface area (Å²) < 4.78 is 5.26. The third-order valence-corrected chi connectivity index (χ3v) is 3.78. The molecular weight excluding hydrogens is 262 g/mol. The Morgan fingerprint density at radius 3 is 2.95 bits per heavy atom. The molecule has 0 bridgehead atoms. The molecule has 0 spiro atoms. The maximum absolute atomic E-state index is 11.7. The van der Waals surface area contributed by atoms with Crippen LogP contribution in [0.4, 0.5) is 0 Å². The molecule has 0 aliphatic heterocycles.